The van der Waals surface area contributed by atoms with Gasteiger partial charge in [0, 0.05) is 24.1 Å². The van der Waals surface area contributed by atoms with Crippen LogP contribution in [-0.2, 0) is 0 Å². The van der Waals surface area contributed by atoms with Crippen LogP contribution >= 0.6 is 0 Å². The molecule has 2 atom stereocenters. The van der Waals surface area contributed by atoms with Crippen molar-refractivity contribution in [3.8, 4) is 28.6 Å². The normalized spacial score (nSPS) is 19.9. The van der Waals surface area contributed by atoms with Crippen LogP contribution in [-0.4, -0.2) is 47.9 Å². The summed E-state index contributed by atoms with van der Waals surface area (Å²) in [6.07, 6.45) is 6.79. The average molecular weight is 423 g/mol. The Kier molecular flexibility index (Phi) is 5.44. The summed E-state index contributed by atoms with van der Waals surface area (Å²) >= 11 is 0. The first-order chi connectivity index (χ1) is 15.2. The maximum absolute atomic E-state index is 6.53. The molecule has 0 bridgehead atoms. The number of pyridine rings is 1. The van der Waals surface area contributed by atoms with Gasteiger partial charge in [0.1, 0.15) is 11.6 Å². The van der Waals surface area contributed by atoms with Crippen molar-refractivity contribution in [2.24, 2.45) is 5.92 Å². The van der Waals surface area contributed by atoms with Crippen molar-refractivity contribution in [3.63, 3.8) is 0 Å². The van der Waals surface area contributed by atoms with Crippen molar-refractivity contribution in [3.05, 3.63) is 30.6 Å². The molecule has 164 valence electrons. The molecule has 31 heavy (non-hydrogen) atoms. The summed E-state index contributed by atoms with van der Waals surface area (Å²) in [6.45, 7) is 4.19. The van der Waals surface area contributed by atoms with Gasteiger partial charge in [-0.15, -0.1) is 0 Å². The Morgan fingerprint density at radius 2 is 1.94 bits per heavy atom. The van der Waals surface area contributed by atoms with Gasteiger partial charge in [0.05, 0.1) is 31.8 Å². The van der Waals surface area contributed by atoms with Crippen LogP contribution in [0.25, 0.3) is 22.3 Å². The monoisotopic (exact) mass is 422 g/mol. The van der Waals surface area contributed by atoms with Gasteiger partial charge in [-0.25, -0.2) is 9.97 Å². The molecular weight excluding hydrogens is 392 g/mol. The molecule has 7 heteroatoms. The Bertz CT molecular complexity index is 1070. The number of hydrogen-bond acceptors (Lipinski definition) is 6. The second kappa shape index (κ2) is 8.38. The number of nitrogens with one attached hydrogen (secondary N) is 1. The fourth-order valence-corrected chi connectivity index (χ4v) is 4.54. The van der Waals surface area contributed by atoms with Crippen molar-refractivity contribution in [1.82, 2.24) is 19.9 Å². The zero-order valence-corrected chi connectivity index (χ0v) is 18.4. The van der Waals surface area contributed by atoms with E-state index in [0.29, 0.717) is 29.3 Å². The van der Waals surface area contributed by atoms with Gasteiger partial charge in [-0.2, -0.15) is 0 Å². The largest absolute Gasteiger partial charge is 0.493 e. The predicted molar refractivity (Wildman–Crippen MR) is 120 cm³/mol. The summed E-state index contributed by atoms with van der Waals surface area (Å²) in [4.78, 5) is 9.71. The highest BCUT2D eigenvalue weighted by atomic mass is 16.5. The van der Waals surface area contributed by atoms with E-state index in [9.17, 15) is 0 Å². The smallest absolute Gasteiger partial charge is 0.241 e. The lowest BCUT2D eigenvalue weighted by molar-refractivity contribution is 0.156. The average Bonchev–Trinajstić information content (AvgIpc) is 3.43. The highest BCUT2D eigenvalue weighted by molar-refractivity contribution is 5.85. The fraction of sp³-hybridized carbons (Fsp3) is 0.500. The summed E-state index contributed by atoms with van der Waals surface area (Å²) in [7, 11) is 3.28. The van der Waals surface area contributed by atoms with Crippen LogP contribution in [0.3, 0.4) is 0 Å². The number of rotatable bonds is 7. The number of methoxy groups -OCH3 is 2. The molecule has 3 aromatic rings. The van der Waals surface area contributed by atoms with Gasteiger partial charge in [-0.3, -0.25) is 0 Å². The third kappa shape index (κ3) is 3.71. The van der Waals surface area contributed by atoms with Crippen molar-refractivity contribution in [1.29, 1.82) is 0 Å². The summed E-state index contributed by atoms with van der Waals surface area (Å²) in [6, 6.07) is 8.38. The van der Waals surface area contributed by atoms with E-state index in [2.05, 4.69) is 16.8 Å². The molecule has 1 saturated heterocycles. The second-order valence-electron chi connectivity index (χ2n) is 8.56. The first-order valence-corrected chi connectivity index (χ1v) is 11.1. The third-order valence-electron chi connectivity index (χ3n) is 6.73. The molecule has 0 unspecified atom stereocenters. The third-order valence-corrected chi connectivity index (χ3v) is 6.73. The van der Waals surface area contributed by atoms with Crippen LogP contribution in [0.5, 0.6) is 17.4 Å². The van der Waals surface area contributed by atoms with Gasteiger partial charge in [-0.1, -0.05) is 0 Å². The Labute approximate surface area is 182 Å². The summed E-state index contributed by atoms with van der Waals surface area (Å²) in [5.74, 6) is 2.53. The molecule has 5 rings (SSSR count). The zero-order chi connectivity index (χ0) is 21.4. The number of imidazole rings is 1. The first-order valence-electron chi connectivity index (χ1n) is 11.1. The van der Waals surface area contributed by atoms with Gasteiger partial charge in [0.25, 0.3) is 0 Å². The van der Waals surface area contributed by atoms with Crippen molar-refractivity contribution in [2.45, 2.75) is 44.8 Å². The van der Waals surface area contributed by atoms with Crippen LogP contribution in [0.4, 0.5) is 0 Å². The van der Waals surface area contributed by atoms with Crippen molar-refractivity contribution >= 4 is 11.0 Å². The predicted octanol–water partition coefficient (Wildman–Crippen LogP) is 4.22. The lowest BCUT2D eigenvalue weighted by Crippen LogP contribution is -2.26. The van der Waals surface area contributed by atoms with Crippen molar-refractivity contribution < 1.29 is 14.2 Å². The van der Waals surface area contributed by atoms with Crippen molar-refractivity contribution in [2.75, 3.05) is 27.3 Å². The molecule has 2 fully saturated rings. The first kappa shape index (κ1) is 20.1. The standard InChI is InChI=1S/C24H30N4O3/c1-15(17-9-10-25-13-17)31-24-23-20(26-14-28(23)18-5-4-6-18)12-19(27-24)16-7-8-21(29-2)22(11-16)30-3/h7-8,11-12,14-15,17-18,25H,4-6,9-10,13H2,1-3H3/t15-,17-/m1/s1. The second-order valence-corrected chi connectivity index (χ2v) is 8.56. The van der Waals surface area contributed by atoms with E-state index >= 15 is 0 Å². The van der Waals surface area contributed by atoms with Crippen LogP contribution < -0.4 is 19.5 Å². The van der Waals surface area contributed by atoms with E-state index in [1.807, 2.05) is 30.6 Å². The molecule has 0 radical (unpaired) electrons. The zero-order valence-electron chi connectivity index (χ0n) is 18.4. The van der Waals surface area contributed by atoms with E-state index in [1.54, 1.807) is 14.2 Å². The van der Waals surface area contributed by atoms with Crippen LogP contribution in [0.15, 0.2) is 30.6 Å². The highest BCUT2D eigenvalue weighted by Crippen LogP contribution is 2.39. The molecule has 1 aliphatic carbocycles. The molecule has 1 N–H and O–H groups in total. The molecule has 1 aromatic carbocycles. The number of hydrogen-bond donors (Lipinski definition) is 1. The molecule has 2 aliphatic rings. The minimum atomic E-state index is 0.0797. The Hall–Kier alpha value is -2.80. The quantitative estimate of drug-likeness (QED) is 0.615. The Balaban J connectivity index is 1.58. The van der Waals surface area contributed by atoms with Gasteiger partial charge < -0.3 is 24.1 Å². The van der Waals surface area contributed by atoms with Crippen LogP contribution in [0.1, 0.15) is 38.6 Å². The molecule has 2 aromatic heterocycles. The Morgan fingerprint density at radius 3 is 2.61 bits per heavy atom. The van der Waals surface area contributed by atoms with E-state index < -0.39 is 0 Å². The van der Waals surface area contributed by atoms with E-state index in [1.165, 1.54) is 19.3 Å². The fourth-order valence-electron chi connectivity index (χ4n) is 4.54. The number of ether oxygens (including phenoxy) is 3. The molecule has 0 amide bonds. The van der Waals surface area contributed by atoms with E-state index in [4.69, 9.17) is 24.2 Å². The summed E-state index contributed by atoms with van der Waals surface area (Å²) < 4.78 is 19.7. The van der Waals surface area contributed by atoms with E-state index in [0.717, 1.165) is 41.8 Å². The molecule has 3 heterocycles. The molecule has 1 aliphatic heterocycles. The summed E-state index contributed by atoms with van der Waals surface area (Å²) in [5, 5.41) is 3.44. The van der Waals surface area contributed by atoms with Gasteiger partial charge in [-0.05, 0) is 63.4 Å². The van der Waals surface area contributed by atoms with Gasteiger partial charge >= 0.3 is 0 Å². The highest BCUT2D eigenvalue weighted by Gasteiger charge is 2.27. The minimum absolute atomic E-state index is 0.0797. The number of nitrogens with zero attached hydrogens (tertiary/aromatic N) is 3. The number of fused-ring (bicyclic) bond motifs is 1. The van der Waals surface area contributed by atoms with Gasteiger partial charge in [0.15, 0.2) is 11.5 Å². The number of aromatic nitrogens is 3. The lowest BCUT2D eigenvalue weighted by Gasteiger charge is -2.28. The van der Waals surface area contributed by atoms with Crippen LogP contribution in [0, 0.1) is 5.92 Å². The summed E-state index contributed by atoms with van der Waals surface area (Å²) in [5.41, 5.74) is 3.68. The maximum Gasteiger partial charge on any atom is 0.241 e. The SMILES string of the molecule is COc1ccc(-c2cc3ncn(C4CCC4)c3c(O[C@H](C)[C@@H]3CCNC3)n2)cc1OC. The topological polar surface area (TPSA) is 70.4 Å². The maximum atomic E-state index is 6.53. The molecule has 1 saturated carbocycles. The molecule has 0 spiro atoms. The van der Waals surface area contributed by atoms with E-state index in [-0.39, 0.29) is 6.10 Å². The molecular formula is C24H30N4O3. The Morgan fingerprint density at radius 1 is 1.10 bits per heavy atom. The molecule has 7 nitrogen and oxygen atoms in total. The minimum Gasteiger partial charge on any atom is -0.493 e. The van der Waals surface area contributed by atoms with Gasteiger partial charge in [0.2, 0.25) is 5.88 Å². The van der Waals surface area contributed by atoms with Crippen LogP contribution in [0.2, 0.25) is 0 Å². The number of benzene rings is 1. The lowest BCUT2D eigenvalue weighted by atomic mass is 9.93.